The summed E-state index contributed by atoms with van der Waals surface area (Å²) in [5.74, 6) is 3.86. The number of benzene rings is 8. The maximum absolute atomic E-state index is 2.68. The van der Waals surface area contributed by atoms with Crippen LogP contribution in [-0.4, -0.2) is 0 Å². The average molecular weight is 1120 g/mol. The van der Waals surface area contributed by atoms with E-state index in [1.165, 1.54) is 159 Å². The Hall–Kier alpha value is -6.24. The van der Waals surface area contributed by atoms with Crippen molar-refractivity contribution in [2.75, 3.05) is 0 Å². The lowest BCUT2D eigenvalue weighted by atomic mass is 9.68. The Morgan fingerprint density at radius 1 is 0.247 bits per heavy atom. The molecular formula is C85H100. The fraction of sp³-hybridized carbons (Fsp3) is 0.435. The van der Waals surface area contributed by atoms with E-state index in [1.54, 1.807) is 33.4 Å². The van der Waals surface area contributed by atoms with Crippen molar-refractivity contribution in [1.82, 2.24) is 0 Å². The van der Waals surface area contributed by atoms with E-state index in [4.69, 9.17) is 0 Å². The summed E-state index contributed by atoms with van der Waals surface area (Å²) in [6, 6.07) is 62.0. The summed E-state index contributed by atoms with van der Waals surface area (Å²) < 4.78 is 0. The molecule has 0 aromatic heterocycles. The molecule has 0 heteroatoms. The van der Waals surface area contributed by atoms with Gasteiger partial charge in [0.25, 0.3) is 0 Å². The van der Waals surface area contributed by atoms with Gasteiger partial charge in [0.1, 0.15) is 0 Å². The van der Waals surface area contributed by atoms with Crippen LogP contribution in [0.25, 0.3) is 77.9 Å². The highest BCUT2D eigenvalue weighted by molar-refractivity contribution is 5.91. The number of rotatable bonds is 21. The Morgan fingerprint density at radius 3 is 0.765 bits per heavy atom. The molecule has 0 radical (unpaired) electrons. The highest BCUT2D eigenvalue weighted by Gasteiger charge is 2.47. The van der Waals surface area contributed by atoms with Crippen molar-refractivity contribution in [3.8, 4) is 77.9 Å². The predicted octanol–water partition coefficient (Wildman–Crippen LogP) is 24.7. The molecule has 0 fully saturated rings. The van der Waals surface area contributed by atoms with Crippen LogP contribution in [-0.2, 0) is 21.7 Å². The lowest BCUT2D eigenvalue weighted by molar-refractivity contribution is 0.364. The quantitative estimate of drug-likeness (QED) is 0.0673. The van der Waals surface area contributed by atoms with Crippen LogP contribution in [0.15, 0.2) is 152 Å². The smallest absolute Gasteiger partial charge is 0.0215 e. The van der Waals surface area contributed by atoms with Gasteiger partial charge in [-0.3, -0.25) is 0 Å². The lowest BCUT2D eigenvalue weighted by Crippen LogP contribution is -2.27. The van der Waals surface area contributed by atoms with Crippen LogP contribution in [0.4, 0.5) is 0 Å². The summed E-state index contributed by atoms with van der Waals surface area (Å²) in [5, 5.41) is 0. The number of fused-ring (bicyclic) bond motifs is 12. The van der Waals surface area contributed by atoms with E-state index in [-0.39, 0.29) is 21.7 Å². The zero-order valence-electron chi connectivity index (χ0n) is 54.9. The Morgan fingerprint density at radius 2 is 0.471 bits per heavy atom. The zero-order valence-corrected chi connectivity index (χ0v) is 54.9. The van der Waals surface area contributed by atoms with E-state index < -0.39 is 0 Å². The topological polar surface area (TPSA) is 0 Å². The standard InChI is InChI=1S/C85H100/c1-53(2)34-40-83(41-35-54(3)4)74-19-17-16-18-66(74)70-30-23-62(49-78(70)83)60-21-28-67-68-29-22-61(48-76(68)82(14,15)75(67)47-60)63-24-32-72-73-33-26-65(52-81(73)85(80(72)50-63,44-38-57(9)10)45-39-58(11)12)64-25-31-71-69-27-20-59(13)46-77(69)84(79(71)51-64,42-36-55(5)6)43-37-56(7)8/h16-33,46-58H,34-45H2,1-15H3. The fourth-order valence-corrected chi connectivity index (χ4v) is 16.6. The van der Waals surface area contributed by atoms with Gasteiger partial charge in [0.05, 0.1) is 0 Å². The maximum Gasteiger partial charge on any atom is 0.0215 e. The largest absolute Gasteiger partial charge is 0.0628 e. The normalized spacial score (nSPS) is 15.9. The molecule has 8 aromatic carbocycles. The van der Waals surface area contributed by atoms with Crippen LogP contribution >= 0.6 is 0 Å². The minimum Gasteiger partial charge on any atom is -0.0628 e. The summed E-state index contributed by atoms with van der Waals surface area (Å²) in [6.07, 6.45) is 14.4. The molecule has 8 aromatic rings. The molecule has 0 unspecified atom stereocenters. The van der Waals surface area contributed by atoms with Gasteiger partial charge in [-0.1, -0.05) is 218 Å². The first-order valence-corrected chi connectivity index (χ1v) is 33.7. The Balaban J connectivity index is 0.912. The Kier molecular flexibility index (Phi) is 15.9. The SMILES string of the molecule is Cc1ccc2c(c1)C(CCC(C)C)(CCC(C)C)c1cc(-c3ccc4c(c3)C(CCC(C)C)(CCC(C)C)c3cc(-c5ccc6c(c5)C(C)(C)c5cc(-c7ccc8c(c7)C(CCC(C)C)(CCC(C)C)c7ccccc7-8)ccc5-6)ccc3-4)ccc1-2. The molecule has 0 N–H and O–H groups in total. The van der Waals surface area contributed by atoms with Gasteiger partial charge in [0.15, 0.2) is 0 Å². The van der Waals surface area contributed by atoms with Crippen molar-refractivity contribution in [3.63, 3.8) is 0 Å². The van der Waals surface area contributed by atoms with E-state index in [0.29, 0.717) is 35.5 Å². The highest BCUT2D eigenvalue weighted by atomic mass is 14.5. The van der Waals surface area contributed by atoms with Gasteiger partial charge in [0, 0.05) is 21.7 Å². The Labute approximate surface area is 514 Å². The second-order valence-electron chi connectivity index (χ2n) is 30.6. The highest BCUT2D eigenvalue weighted by Crippen LogP contribution is 2.60. The van der Waals surface area contributed by atoms with Gasteiger partial charge in [-0.2, -0.15) is 0 Å². The molecule has 0 saturated carbocycles. The molecule has 440 valence electrons. The molecular weight excluding hydrogens is 1020 g/mol. The summed E-state index contributed by atoms with van der Waals surface area (Å²) >= 11 is 0. The minimum atomic E-state index is -0.161. The van der Waals surface area contributed by atoms with Crippen molar-refractivity contribution < 1.29 is 0 Å². The first kappa shape index (κ1) is 59.1. The van der Waals surface area contributed by atoms with E-state index in [0.717, 1.165) is 12.8 Å². The van der Waals surface area contributed by atoms with E-state index in [2.05, 4.69) is 256 Å². The molecule has 0 atom stereocenters. The molecule has 0 heterocycles. The summed E-state index contributed by atoms with van der Waals surface area (Å²) in [7, 11) is 0. The van der Waals surface area contributed by atoms with Crippen LogP contribution in [0.1, 0.15) is 224 Å². The van der Waals surface area contributed by atoms with Gasteiger partial charge in [0.2, 0.25) is 0 Å². The van der Waals surface area contributed by atoms with Crippen LogP contribution in [0.3, 0.4) is 0 Å². The van der Waals surface area contributed by atoms with Crippen molar-refractivity contribution in [3.05, 3.63) is 202 Å². The summed E-state index contributed by atoms with van der Waals surface area (Å²) in [5.41, 5.74) is 32.9. The van der Waals surface area contributed by atoms with Gasteiger partial charge in [-0.15, -0.1) is 0 Å². The van der Waals surface area contributed by atoms with Crippen LogP contribution < -0.4 is 0 Å². The monoisotopic (exact) mass is 1120 g/mol. The molecule has 0 nitrogen and oxygen atoms in total. The molecule has 4 aliphatic carbocycles. The fourth-order valence-electron chi connectivity index (χ4n) is 16.6. The second-order valence-corrected chi connectivity index (χ2v) is 30.6. The first-order valence-electron chi connectivity index (χ1n) is 33.7. The van der Waals surface area contributed by atoms with Crippen molar-refractivity contribution in [1.29, 1.82) is 0 Å². The number of hydrogen-bond donors (Lipinski definition) is 0. The first-order chi connectivity index (χ1) is 40.6. The Bertz CT molecular complexity index is 3760. The summed E-state index contributed by atoms with van der Waals surface area (Å²) in [6.45, 7) is 36.2. The second kappa shape index (κ2) is 22.8. The van der Waals surface area contributed by atoms with Crippen molar-refractivity contribution in [2.24, 2.45) is 35.5 Å². The third kappa shape index (κ3) is 10.3. The van der Waals surface area contributed by atoms with E-state index >= 15 is 0 Å². The molecule has 4 aliphatic rings. The molecule has 85 heavy (non-hydrogen) atoms. The van der Waals surface area contributed by atoms with Gasteiger partial charge >= 0.3 is 0 Å². The average Bonchev–Trinajstić information content (AvgIpc) is 1.69. The van der Waals surface area contributed by atoms with Crippen LogP contribution in [0, 0.1) is 42.4 Å². The lowest BCUT2D eigenvalue weighted by Gasteiger charge is -2.35. The number of aryl methyl sites for hydroxylation is 1. The molecule has 0 spiro atoms. The molecule has 0 amide bonds. The third-order valence-electron chi connectivity index (χ3n) is 21.7. The van der Waals surface area contributed by atoms with Crippen molar-refractivity contribution >= 4 is 0 Å². The molecule has 12 rings (SSSR count). The zero-order chi connectivity index (χ0) is 59.9. The van der Waals surface area contributed by atoms with Gasteiger partial charge < -0.3 is 0 Å². The molecule has 0 saturated heterocycles. The minimum absolute atomic E-state index is 0.0196. The molecule has 0 bridgehead atoms. The predicted molar refractivity (Wildman–Crippen MR) is 368 cm³/mol. The van der Waals surface area contributed by atoms with E-state index in [1.807, 2.05) is 0 Å². The third-order valence-corrected chi connectivity index (χ3v) is 21.7. The van der Waals surface area contributed by atoms with Crippen LogP contribution in [0.2, 0.25) is 0 Å². The van der Waals surface area contributed by atoms with Crippen LogP contribution in [0.5, 0.6) is 0 Å². The van der Waals surface area contributed by atoms with Crippen molar-refractivity contribution in [2.45, 2.75) is 203 Å². The molecule has 0 aliphatic heterocycles. The van der Waals surface area contributed by atoms with Gasteiger partial charge in [-0.05, 0) is 278 Å². The number of hydrogen-bond acceptors (Lipinski definition) is 0. The maximum atomic E-state index is 2.68. The summed E-state index contributed by atoms with van der Waals surface area (Å²) in [4.78, 5) is 0. The van der Waals surface area contributed by atoms with E-state index in [9.17, 15) is 0 Å². The van der Waals surface area contributed by atoms with Gasteiger partial charge in [-0.25, -0.2) is 0 Å².